The van der Waals surface area contributed by atoms with Crippen molar-refractivity contribution in [2.45, 2.75) is 12.8 Å². The van der Waals surface area contributed by atoms with E-state index in [-0.39, 0.29) is 11.7 Å². The monoisotopic (exact) mass is 307 g/mol. The number of phenolic OH excluding ortho intramolecular Hbond substituents is 1. The molecule has 0 radical (unpaired) electrons. The van der Waals surface area contributed by atoms with E-state index in [2.05, 4.69) is 5.32 Å². The van der Waals surface area contributed by atoms with Crippen LogP contribution in [0.1, 0.15) is 12.2 Å². The molecule has 0 aliphatic heterocycles. The largest absolute Gasteiger partial charge is 0.508 e. The molecule has 4 heteroatoms. The Morgan fingerprint density at radius 2 is 1.83 bits per heavy atom. The molecule has 0 aliphatic carbocycles. The van der Waals surface area contributed by atoms with Gasteiger partial charge >= 0.3 is 0 Å². The number of furan rings is 1. The van der Waals surface area contributed by atoms with E-state index >= 15 is 0 Å². The minimum atomic E-state index is -0.117. The van der Waals surface area contributed by atoms with E-state index in [1.165, 1.54) is 6.07 Å². The van der Waals surface area contributed by atoms with Gasteiger partial charge < -0.3 is 14.8 Å². The molecule has 1 heterocycles. The first-order chi connectivity index (χ1) is 11.2. The van der Waals surface area contributed by atoms with Crippen LogP contribution in [0.4, 0.5) is 5.69 Å². The van der Waals surface area contributed by atoms with Crippen molar-refractivity contribution in [2.75, 3.05) is 5.32 Å². The first kappa shape index (κ1) is 14.9. The van der Waals surface area contributed by atoms with Gasteiger partial charge in [-0.05, 0) is 24.3 Å². The number of anilines is 1. The summed E-state index contributed by atoms with van der Waals surface area (Å²) in [7, 11) is 0. The van der Waals surface area contributed by atoms with Crippen molar-refractivity contribution in [1.29, 1.82) is 0 Å². The summed E-state index contributed by atoms with van der Waals surface area (Å²) in [4.78, 5) is 11.9. The fourth-order valence-electron chi connectivity index (χ4n) is 2.31. The van der Waals surface area contributed by atoms with Crippen molar-refractivity contribution >= 4 is 11.6 Å². The van der Waals surface area contributed by atoms with E-state index in [0.29, 0.717) is 18.5 Å². The van der Waals surface area contributed by atoms with Gasteiger partial charge in [-0.2, -0.15) is 0 Å². The predicted molar refractivity (Wildman–Crippen MR) is 89.2 cm³/mol. The molecule has 2 N–H and O–H groups in total. The lowest BCUT2D eigenvalue weighted by Gasteiger charge is -2.04. The standard InChI is InChI=1S/C19H17NO3/c21-16-8-4-7-15(13-16)20-19(22)12-10-17-9-11-18(23-17)14-5-2-1-3-6-14/h1-9,11,13,21H,10,12H2,(H,20,22). The van der Waals surface area contributed by atoms with Crippen LogP contribution in [0.15, 0.2) is 71.1 Å². The molecule has 0 bridgehead atoms. The Morgan fingerprint density at radius 3 is 2.61 bits per heavy atom. The zero-order valence-electron chi connectivity index (χ0n) is 12.5. The third-order valence-corrected chi connectivity index (χ3v) is 3.45. The summed E-state index contributed by atoms with van der Waals surface area (Å²) < 4.78 is 5.77. The van der Waals surface area contributed by atoms with Gasteiger partial charge in [0, 0.05) is 30.2 Å². The summed E-state index contributed by atoms with van der Waals surface area (Å²) in [5, 5.41) is 12.1. The highest BCUT2D eigenvalue weighted by atomic mass is 16.3. The van der Waals surface area contributed by atoms with Crippen molar-refractivity contribution in [1.82, 2.24) is 0 Å². The molecule has 3 rings (SSSR count). The summed E-state index contributed by atoms with van der Waals surface area (Å²) in [5.41, 5.74) is 1.60. The van der Waals surface area contributed by atoms with Gasteiger partial charge in [-0.1, -0.05) is 36.4 Å². The van der Waals surface area contributed by atoms with Gasteiger partial charge in [-0.3, -0.25) is 4.79 Å². The van der Waals surface area contributed by atoms with Crippen LogP contribution in [0.2, 0.25) is 0 Å². The number of carbonyl (C=O) groups is 1. The lowest BCUT2D eigenvalue weighted by Crippen LogP contribution is -2.11. The lowest BCUT2D eigenvalue weighted by molar-refractivity contribution is -0.116. The minimum Gasteiger partial charge on any atom is -0.508 e. The fourth-order valence-corrected chi connectivity index (χ4v) is 2.31. The Hall–Kier alpha value is -3.01. The summed E-state index contributed by atoms with van der Waals surface area (Å²) in [6, 6.07) is 20.1. The smallest absolute Gasteiger partial charge is 0.224 e. The van der Waals surface area contributed by atoms with E-state index in [0.717, 1.165) is 17.1 Å². The Labute approximate surface area is 134 Å². The Kier molecular flexibility index (Phi) is 4.43. The lowest BCUT2D eigenvalue weighted by atomic mass is 10.2. The van der Waals surface area contributed by atoms with Crippen LogP contribution >= 0.6 is 0 Å². The van der Waals surface area contributed by atoms with Gasteiger partial charge in [0.1, 0.15) is 17.3 Å². The second-order valence-corrected chi connectivity index (χ2v) is 5.23. The number of aromatic hydroxyl groups is 1. The molecule has 116 valence electrons. The Morgan fingerprint density at radius 1 is 1.00 bits per heavy atom. The maximum absolute atomic E-state index is 11.9. The molecule has 0 spiro atoms. The molecule has 0 atom stereocenters. The van der Waals surface area contributed by atoms with E-state index in [4.69, 9.17) is 4.42 Å². The van der Waals surface area contributed by atoms with Gasteiger partial charge in [0.05, 0.1) is 0 Å². The topological polar surface area (TPSA) is 62.5 Å². The number of amides is 1. The highest BCUT2D eigenvalue weighted by molar-refractivity contribution is 5.90. The number of benzene rings is 2. The van der Waals surface area contributed by atoms with Crippen LogP contribution in [0.3, 0.4) is 0 Å². The first-order valence-electron chi connectivity index (χ1n) is 7.44. The molecule has 3 aromatic rings. The third-order valence-electron chi connectivity index (χ3n) is 3.45. The van der Waals surface area contributed by atoms with Crippen molar-refractivity contribution in [3.63, 3.8) is 0 Å². The van der Waals surface area contributed by atoms with E-state index < -0.39 is 0 Å². The second-order valence-electron chi connectivity index (χ2n) is 5.23. The Bertz CT molecular complexity index is 793. The van der Waals surface area contributed by atoms with Crippen molar-refractivity contribution in [3.05, 3.63) is 72.5 Å². The van der Waals surface area contributed by atoms with Crippen LogP contribution in [0, 0.1) is 0 Å². The van der Waals surface area contributed by atoms with Crippen molar-refractivity contribution in [2.24, 2.45) is 0 Å². The highest BCUT2D eigenvalue weighted by Crippen LogP contribution is 2.22. The predicted octanol–water partition coefficient (Wildman–Crippen LogP) is 4.22. The summed E-state index contributed by atoms with van der Waals surface area (Å²) in [5.74, 6) is 1.58. The van der Waals surface area contributed by atoms with Crippen LogP contribution in [0.5, 0.6) is 5.75 Å². The number of carbonyl (C=O) groups excluding carboxylic acids is 1. The average molecular weight is 307 g/mol. The maximum Gasteiger partial charge on any atom is 0.224 e. The van der Waals surface area contributed by atoms with E-state index in [9.17, 15) is 9.90 Å². The molecule has 1 amide bonds. The first-order valence-corrected chi connectivity index (χ1v) is 7.44. The number of hydrogen-bond donors (Lipinski definition) is 2. The second kappa shape index (κ2) is 6.83. The fraction of sp³-hybridized carbons (Fsp3) is 0.105. The molecule has 2 aromatic carbocycles. The number of aryl methyl sites for hydroxylation is 1. The zero-order chi connectivity index (χ0) is 16.1. The molecular weight excluding hydrogens is 290 g/mol. The molecule has 23 heavy (non-hydrogen) atoms. The molecule has 0 saturated heterocycles. The quantitative estimate of drug-likeness (QED) is 0.741. The van der Waals surface area contributed by atoms with Crippen molar-refractivity contribution in [3.8, 4) is 17.1 Å². The van der Waals surface area contributed by atoms with Gasteiger partial charge in [0.2, 0.25) is 5.91 Å². The van der Waals surface area contributed by atoms with Crippen LogP contribution in [0.25, 0.3) is 11.3 Å². The maximum atomic E-state index is 11.9. The van der Waals surface area contributed by atoms with Gasteiger partial charge in [0.15, 0.2) is 0 Å². The third kappa shape index (κ3) is 4.01. The number of phenols is 1. The molecule has 0 saturated carbocycles. The summed E-state index contributed by atoms with van der Waals surface area (Å²) in [6.45, 7) is 0. The molecular formula is C19H17NO3. The molecule has 0 fully saturated rings. The average Bonchev–Trinajstić information content (AvgIpc) is 3.03. The van der Waals surface area contributed by atoms with E-state index in [1.807, 2.05) is 42.5 Å². The van der Waals surface area contributed by atoms with Gasteiger partial charge in [0.25, 0.3) is 0 Å². The number of hydrogen-bond acceptors (Lipinski definition) is 3. The van der Waals surface area contributed by atoms with Gasteiger partial charge in [-0.15, -0.1) is 0 Å². The van der Waals surface area contributed by atoms with Crippen LogP contribution < -0.4 is 5.32 Å². The zero-order valence-corrected chi connectivity index (χ0v) is 12.5. The SMILES string of the molecule is O=C(CCc1ccc(-c2ccccc2)o1)Nc1cccc(O)c1. The van der Waals surface area contributed by atoms with Crippen LogP contribution in [-0.4, -0.2) is 11.0 Å². The van der Waals surface area contributed by atoms with Gasteiger partial charge in [-0.25, -0.2) is 0 Å². The molecule has 1 aromatic heterocycles. The summed E-state index contributed by atoms with van der Waals surface area (Å²) >= 11 is 0. The Balaban J connectivity index is 1.56. The van der Waals surface area contributed by atoms with Crippen LogP contribution in [-0.2, 0) is 11.2 Å². The van der Waals surface area contributed by atoms with Crippen molar-refractivity contribution < 1.29 is 14.3 Å². The molecule has 4 nitrogen and oxygen atoms in total. The molecule has 0 unspecified atom stereocenters. The molecule has 0 aliphatic rings. The normalized spacial score (nSPS) is 10.4. The highest BCUT2D eigenvalue weighted by Gasteiger charge is 2.08. The van der Waals surface area contributed by atoms with E-state index in [1.54, 1.807) is 18.2 Å². The number of rotatable bonds is 5. The number of nitrogens with one attached hydrogen (secondary N) is 1. The minimum absolute atomic E-state index is 0.117. The summed E-state index contributed by atoms with van der Waals surface area (Å²) in [6.07, 6.45) is 0.842.